The summed E-state index contributed by atoms with van der Waals surface area (Å²) in [6.07, 6.45) is 1.56. The summed E-state index contributed by atoms with van der Waals surface area (Å²) in [6.45, 7) is 2.04. The van der Waals surface area contributed by atoms with Crippen LogP contribution in [0.1, 0.15) is 25.3 Å². The smallest absolute Gasteiger partial charge is 0.307 e. The maximum atomic E-state index is 11.1. The van der Waals surface area contributed by atoms with Crippen LogP contribution in [-0.4, -0.2) is 18.2 Å². The Hall–Kier alpha value is -1.51. The minimum absolute atomic E-state index is 0.210. The predicted octanol–water partition coefficient (Wildman–Crippen LogP) is 2.45. The maximum absolute atomic E-state index is 11.1. The van der Waals surface area contributed by atoms with Crippen molar-refractivity contribution in [2.45, 2.75) is 25.2 Å². The van der Waals surface area contributed by atoms with Gasteiger partial charge < -0.3 is 9.84 Å². The molecule has 0 aliphatic heterocycles. The summed E-state index contributed by atoms with van der Waals surface area (Å²) in [4.78, 5) is 11.1. The van der Waals surface area contributed by atoms with Crippen molar-refractivity contribution in [3.63, 3.8) is 0 Å². The number of carboxylic acid groups (broad SMARTS) is 1. The number of aliphatic carboxylic acids is 1. The molecule has 0 heterocycles. The predicted molar refractivity (Wildman–Crippen MR) is 60.7 cm³/mol. The van der Waals surface area contributed by atoms with Gasteiger partial charge in [0, 0.05) is 11.0 Å². The number of benzene rings is 1. The standard InChI is InChI=1S/C13H16O3/c1-3-13(8-10(13)12(14)15)9-6-4-5-7-11(9)16-2/h4-7,10H,3,8H2,1-2H3,(H,14,15). The molecule has 1 N–H and O–H groups in total. The first kappa shape index (κ1) is 11.0. The lowest BCUT2D eigenvalue weighted by Crippen LogP contribution is -2.15. The molecule has 1 fully saturated rings. The van der Waals surface area contributed by atoms with Gasteiger partial charge >= 0.3 is 5.97 Å². The third-order valence-corrected chi connectivity index (χ3v) is 3.65. The zero-order valence-electron chi connectivity index (χ0n) is 9.56. The van der Waals surface area contributed by atoms with Gasteiger partial charge in [0.2, 0.25) is 0 Å². The van der Waals surface area contributed by atoms with Crippen LogP contribution in [0.3, 0.4) is 0 Å². The van der Waals surface area contributed by atoms with E-state index in [1.165, 1.54) is 0 Å². The van der Waals surface area contributed by atoms with Crippen molar-refractivity contribution in [2.75, 3.05) is 7.11 Å². The van der Waals surface area contributed by atoms with Crippen LogP contribution in [-0.2, 0) is 10.2 Å². The van der Waals surface area contributed by atoms with Gasteiger partial charge in [0.25, 0.3) is 0 Å². The number of hydrogen-bond acceptors (Lipinski definition) is 2. The van der Waals surface area contributed by atoms with Gasteiger partial charge in [-0.15, -0.1) is 0 Å². The first-order valence-electron chi connectivity index (χ1n) is 5.52. The molecular formula is C13H16O3. The van der Waals surface area contributed by atoms with Gasteiger partial charge in [0.15, 0.2) is 0 Å². The minimum Gasteiger partial charge on any atom is -0.496 e. The van der Waals surface area contributed by atoms with Crippen molar-refractivity contribution in [2.24, 2.45) is 5.92 Å². The summed E-state index contributed by atoms with van der Waals surface area (Å²) in [5, 5.41) is 9.10. The van der Waals surface area contributed by atoms with Crippen LogP contribution in [0.5, 0.6) is 5.75 Å². The van der Waals surface area contributed by atoms with E-state index in [1.54, 1.807) is 7.11 Å². The maximum Gasteiger partial charge on any atom is 0.307 e. The average molecular weight is 220 g/mol. The third-order valence-electron chi connectivity index (χ3n) is 3.65. The second-order valence-electron chi connectivity index (χ2n) is 4.30. The Balaban J connectivity index is 2.40. The van der Waals surface area contributed by atoms with E-state index in [0.717, 1.165) is 24.2 Å². The van der Waals surface area contributed by atoms with E-state index >= 15 is 0 Å². The van der Waals surface area contributed by atoms with E-state index in [-0.39, 0.29) is 11.3 Å². The second kappa shape index (κ2) is 3.81. The highest BCUT2D eigenvalue weighted by atomic mass is 16.5. The number of carbonyl (C=O) groups is 1. The fraction of sp³-hybridized carbons (Fsp3) is 0.462. The molecule has 0 bridgehead atoms. The number of hydrogen-bond donors (Lipinski definition) is 1. The molecule has 3 nitrogen and oxygen atoms in total. The molecule has 1 aliphatic rings. The molecule has 0 aromatic heterocycles. The largest absolute Gasteiger partial charge is 0.496 e. The zero-order valence-corrected chi connectivity index (χ0v) is 9.56. The molecule has 16 heavy (non-hydrogen) atoms. The van der Waals surface area contributed by atoms with E-state index in [4.69, 9.17) is 9.84 Å². The van der Waals surface area contributed by atoms with Crippen molar-refractivity contribution in [1.82, 2.24) is 0 Å². The molecule has 1 aromatic carbocycles. The first-order chi connectivity index (χ1) is 7.65. The van der Waals surface area contributed by atoms with Crippen molar-refractivity contribution in [3.05, 3.63) is 29.8 Å². The summed E-state index contributed by atoms with van der Waals surface area (Å²) in [7, 11) is 1.63. The molecule has 3 heteroatoms. The van der Waals surface area contributed by atoms with Gasteiger partial charge in [0.05, 0.1) is 13.0 Å². The number of carboxylic acids is 1. The Bertz CT molecular complexity index is 413. The zero-order chi connectivity index (χ0) is 11.8. The van der Waals surface area contributed by atoms with Crippen LogP contribution in [0.25, 0.3) is 0 Å². The monoisotopic (exact) mass is 220 g/mol. The van der Waals surface area contributed by atoms with Crippen molar-refractivity contribution >= 4 is 5.97 Å². The molecule has 86 valence electrons. The number of para-hydroxylation sites is 1. The van der Waals surface area contributed by atoms with Gasteiger partial charge in [-0.1, -0.05) is 25.1 Å². The van der Waals surface area contributed by atoms with E-state index in [0.29, 0.717) is 0 Å². The van der Waals surface area contributed by atoms with Crippen LogP contribution in [0.4, 0.5) is 0 Å². The average Bonchev–Trinajstić information content (AvgIpc) is 3.05. The van der Waals surface area contributed by atoms with E-state index in [2.05, 4.69) is 0 Å². The normalized spacial score (nSPS) is 27.5. The molecule has 0 saturated heterocycles. The molecule has 0 spiro atoms. The quantitative estimate of drug-likeness (QED) is 0.847. The fourth-order valence-electron chi connectivity index (χ4n) is 2.56. The molecule has 2 atom stereocenters. The molecule has 2 rings (SSSR count). The van der Waals surface area contributed by atoms with Gasteiger partial charge in [-0.25, -0.2) is 0 Å². The highest BCUT2D eigenvalue weighted by Gasteiger charge is 2.59. The van der Waals surface area contributed by atoms with Crippen molar-refractivity contribution in [3.8, 4) is 5.75 Å². The van der Waals surface area contributed by atoms with E-state index in [9.17, 15) is 4.79 Å². The molecule has 1 aromatic rings. The van der Waals surface area contributed by atoms with Crippen molar-refractivity contribution < 1.29 is 14.6 Å². The van der Waals surface area contributed by atoms with Gasteiger partial charge in [-0.05, 0) is 18.9 Å². The molecule has 0 radical (unpaired) electrons. The molecule has 1 aliphatic carbocycles. The SMILES string of the molecule is CCC1(c2ccccc2OC)CC1C(=O)O. The Labute approximate surface area is 95.0 Å². The lowest BCUT2D eigenvalue weighted by Gasteiger charge is -2.17. The first-order valence-corrected chi connectivity index (χ1v) is 5.52. The number of ether oxygens (including phenoxy) is 1. The van der Waals surface area contributed by atoms with Crippen LogP contribution in [0.2, 0.25) is 0 Å². The van der Waals surface area contributed by atoms with Crippen LogP contribution in [0.15, 0.2) is 24.3 Å². The van der Waals surface area contributed by atoms with Crippen LogP contribution < -0.4 is 4.74 Å². The fourth-order valence-corrected chi connectivity index (χ4v) is 2.56. The number of rotatable bonds is 4. The Morgan fingerprint density at radius 2 is 2.25 bits per heavy atom. The number of methoxy groups -OCH3 is 1. The minimum atomic E-state index is -0.701. The summed E-state index contributed by atoms with van der Waals surface area (Å²) in [5.41, 5.74) is 0.825. The van der Waals surface area contributed by atoms with Gasteiger partial charge in [0.1, 0.15) is 5.75 Å². The second-order valence-corrected chi connectivity index (χ2v) is 4.30. The Morgan fingerprint density at radius 1 is 1.56 bits per heavy atom. The molecule has 2 unspecified atom stereocenters. The molecular weight excluding hydrogens is 204 g/mol. The van der Waals surface area contributed by atoms with Gasteiger partial charge in [-0.3, -0.25) is 4.79 Å². The summed E-state index contributed by atoms with van der Waals surface area (Å²) in [6, 6.07) is 7.71. The molecule has 1 saturated carbocycles. The van der Waals surface area contributed by atoms with E-state index in [1.807, 2.05) is 31.2 Å². The Morgan fingerprint density at radius 3 is 2.75 bits per heavy atom. The highest BCUT2D eigenvalue weighted by molar-refractivity contribution is 5.77. The van der Waals surface area contributed by atoms with Crippen LogP contribution in [0, 0.1) is 5.92 Å². The summed E-state index contributed by atoms with van der Waals surface area (Å²) in [5.74, 6) is -0.158. The summed E-state index contributed by atoms with van der Waals surface area (Å²) >= 11 is 0. The molecule has 0 amide bonds. The lowest BCUT2D eigenvalue weighted by atomic mass is 9.89. The van der Waals surface area contributed by atoms with E-state index < -0.39 is 5.97 Å². The summed E-state index contributed by atoms with van der Waals surface area (Å²) < 4.78 is 5.31. The lowest BCUT2D eigenvalue weighted by molar-refractivity contribution is -0.139. The topological polar surface area (TPSA) is 46.5 Å². The Kier molecular flexibility index (Phi) is 2.62. The van der Waals surface area contributed by atoms with Crippen LogP contribution >= 0.6 is 0 Å². The van der Waals surface area contributed by atoms with Crippen molar-refractivity contribution in [1.29, 1.82) is 0 Å². The van der Waals surface area contributed by atoms with Gasteiger partial charge in [-0.2, -0.15) is 0 Å². The third kappa shape index (κ3) is 1.47. The highest BCUT2D eigenvalue weighted by Crippen LogP contribution is 2.58.